The highest BCUT2D eigenvalue weighted by atomic mass is 16.1. The summed E-state index contributed by atoms with van der Waals surface area (Å²) in [5.41, 5.74) is 7.71. The molecule has 20 heavy (non-hydrogen) atoms. The maximum absolute atomic E-state index is 12.3. The number of nitrogens with one attached hydrogen (secondary N) is 1. The third-order valence-corrected chi connectivity index (χ3v) is 3.14. The molecule has 0 fully saturated rings. The quantitative estimate of drug-likeness (QED) is 0.870. The Morgan fingerprint density at radius 3 is 2.50 bits per heavy atom. The topological polar surface area (TPSA) is 58.4 Å². The Hall–Kier alpha value is -1.55. The largest absolute Gasteiger partial charge is 0.378 e. The normalized spacial score (nSPS) is 12.9. The zero-order chi connectivity index (χ0) is 15.3. The van der Waals surface area contributed by atoms with Crippen LogP contribution in [0, 0.1) is 11.3 Å². The number of hydrogen-bond acceptors (Lipinski definition) is 3. The van der Waals surface area contributed by atoms with E-state index < -0.39 is 0 Å². The predicted octanol–water partition coefficient (Wildman–Crippen LogP) is 2.70. The molecule has 1 aromatic rings. The van der Waals surface area contributed by atoms with E-state index in [2.05, 4.69) is 26.1 Å². The van der Waals surface area contributed by atoms with Crippen molar-refractivity contribution >= 4 is 17.3 Å². The molecule has 0 saturated heterocycles. The average Bonchev–Trinajstić information content (AvgIpc) is 2.35. The van der Waals surface area contributed by atoms with E-state index in [4.69, 9.17) is 5.73 Å². The van der Waals surface area contributed by atoms with Crippen molar-refractivity contribution in [2.24, 2.45) is 17.1 Å². The third-order valence-electron chi connectivity index (χ3n) is 3.14. The van der Waals surface area contributed by atoms with Crippen molar-refractivity contribution in [3.8, 4) is 0 Å². The van der Waals surface area contributed by atoms with Gasteiger partial charge in [-0.3, -0.25) is 4.79 Å². The number of rotatable bonds is 5. The molecule has 4 nitrogen and oxygen atoms in total. The summed E-state index contributed by atoms with van der Waals surface area (Å²) in [5, 5.41) is 2.97. The smallest absolute Gasteiger partial charge is 0.228 e. The molecule has 0 aliphatic heterocycles. The average molecular weight is 277 g/mol. The summed E-state index contributed by atoms with van der Waals surface area (Å²) in [7, 11) is 3.95. The lowest BCUT2D eigenvalue weighted by atomic mass is 9.84. The summed E-state index contributed by atoms with van der Waals surface area (Å²) in [6, 6.07) is 7.80. The van der Waals surface area contributed by atoms with Crippen LogP contribution in [0.15, 0.2) is 24.3 Å². The first-order chi connectivity index (χ1) is 9.23. The van der Waals surface area contributed by atoms with Gasteiger partial charge in [0.05, 0.1) is 5.92 Å². The summed E-state index contributed by atoms with van der Waals surface area (Å²) in [5.74, 6) is -0.156. The molecule has 0 heterocycles. The summed E-state index contributed by atoms with van der Waals surface area (Å²) >= 11 is 0. The molecule has 1 rings (SSSR count). The van der Waals surface area contributed by atoms with Crippen LogP contribution < -0.4 is 16.0 Å². The number of carbonyl (C=O) groups is 1. The lowest BCUT2D eigenvalue weighted by molar-refractivity contribution is -0.120. The van der Waals surface area contributed by atoms with E-state index in [1.807, 2.05) is 43.3 Å². The van der Waals surface area contributed by atoms with Gasteiger partial charge in [-0.25, -0.2) is 0 Å². The summed E-state index contributed by atoms with van der Waals surface area (Å²) in [4.78, 5) is 14.3. The highest BCUT2D eigenvalue weighted by Crippen LogP contribution is 2.25. The Balaban J connectivity index is 2.76. The summed E-state index contributed by atoms with van der Waals surface area (Å²) in [6.07, 6.45) is 0.780. The Morgan fingerprint density at radius 1 is 1.35 bits per heavy atom. The van der Waals surface area contributed by atoms with Gasteiger partial charge in [0.15, 0.2) is 0 Å². The zero-order valence-corrected chi connectivity index (χ0v) is 13.2. The molecule has 112 valence electrons. The first-order valence-corrected chi connectivity index (χ1v) is 7.01. The monoisotopic (exact) mass is 277 g/mol. The lowest BCUT2D eigenvalue weighted by Crippen LogP contribution is -2.32. The fourth-order valence-corrected chi connectivity index (χ4v) is 2.13. The molecule has 0 aromatic heterocycles. The van der Waals surface area contributed by atoms with Crippen molar-refractivity contribution in [3.05, 3.63) is 24.3 Å². The van der Waals surface area contributed by atoms with E-state index in [0.717, 1.165) is 17.8 Å². The first-order valence-electron chi connectivity index (χ1n) is 7.01. The SMILES string of the molecule is CN(C)c1cccc(NC(=O)C(CN)CC(C)(C)C)c1. The van der Waals surface area contributed by atoms with E-state index in [-0.39, 0.29) is 17.2 Å². The maximum atomic E-state index is 12.3. The molecule has 1 atom stereocenters. The van der Waals surface area contributed by atoms with E-state index in [9.17, 15) is 4.79 Å². The van der Waals surface area contributed by atoms with Crippen LogP contribution in [0.25, 0.3) is 0 Å². The Kier molecular flexibility index (Phi) is 5.57. The van der Waals surface area contributed by atoms with Gasteiger partial charge < -0.3 is 16.0 Å². The maximum Gasteiger partial charge on any atom is 0.228 e. The van der Waals surface area contributed by atoms with Crippen molar-refractivity contribution in [1.29, 1.82) is 0 Å². The van der Waals surface area contributed by atoms with Gasteiger partial charge in [0.1, 0.15) is 0 Å². The van der Waals surface area contributed by atoms with Gasteiger partial charge in [-0.05, 0) is 30.0 Å². The minimum atomic E-state index is -0.155. The van der Waals surface area contributed by atoms with Crippen LogP contribution in [0.5, 0.6) is 0 Å². The molecule has 1 amide bonds. The van der Waals surface area contributed by atoms with Crippen LogP contribution in [-0.4, -0.2) is 26.5 Å². The van der Waals surface area contributed by atoms with Crippen molar-refractivity contribution < 1.29 is 4.79 Å². The number of benzene rings is 1. The molecule has 3 N–H and O–H groups in total. The van der Waals surface area contributed by atoms with E-state index >= 15 is 0 Å². The number of amides is 1. The number of anilines is 2. The van der Waals surface area contributed by atoms with Crippen molar-refractivity contribution in [2.75, 3.05) is 30.9 Å². The molecule has 4 heteroatoms. The van der Waals surface area contributed by atoms with Crippen LogP contribution >= 0.6 is 0 Å². The molecular weight excluding hydrogens is 250 g/mol. The molecular formula is C16H27N3O. The fourth-order valence-electron chi connectivity index (χ4n) is 2.13. The van der Waals surface area contributed by atoms with Crippen LogP contribution in [0.3, 0.4) is 0 Å². The minimum absolute atomic E-state index is 0.00155. The van der Waals surface area contributed by atoms with Gasteiger partial charge in [0.25, 0.3) is 0 Å². The zero-order valence-electron chi connectivity index (χ0n) is 13.2. The van der Waals surface area contributed by atoms with Crippen molar-refractivity contribution in [3.63, 3.8) is 0 Å². The second-order valence-corrected chi connectivity index (χ2v) is 6.63. The second kappa shape index (κ2) is 6.75. The van der Waals surface area contributed by atoms with E-state index in [1.165, 1.54) is 0 Å². The third kappa shape index (κ3) is 5.21. The summed E-state index contributed by atoms with van der Waals surface area (Å²) < 4.78 is 0. The second-order valence-electron chi connectivity index (χ2n) is 6.63. The number of carbonyl (C=O) groups excluding carboxylic acids is 1. The molecule has 0 aliphatic carbocycles. The summed E-state index contributed by atoms with van der Waals surface area (Å²) in [6.45, 7) is 6.73. The van der Waals surface area contributed by atoms with Crippen molar-refractivity contribution in [1.82, 2.24) is 0 Å². The molecule has 0 radical (unpaired) electrons. The van der Waals surface area contributed by atoms with Crippen LogP contribution in [0.2, 0.25) is 0 Å². The van der Waals surface area contributed by atoms with Gasteiger partial charge in [0.2, 0.25) is 5.91 Å². The van der Waals surface area contributed by atoms with Gasteiger partial charge in [-0.2, -0.15) is 0 Å². The number of hydrogen-bond donors (Lipinski definition) is 2. The van der Waals surface area contributed by atoms with E-state index in [1.54, 1.807) is 0 Å². The van der Waals surface area contributed by atoms with Gasteiger partial charge in [-0.1, -0.05) is 26.8 Å². The van der Waals surface area contributed by atoms with Crippen LogP contribution in [0.1, 0.15) is 27.2 Å². The molecule has 0 aliphatic rings. The van der Waals surface area contributed by atoms with E-state index in [0.29, 0.717) is 6.54 Å². The molecule has 0 bridgehead atoms. The van der Waals surface area contributed by atoms with Gasteiger partial charge in [-0.15, -0.1) is 0 Å². The minimum Gasteiger partial charge on any atom is -0.378 e. The van der Waals surface area contributed by atoms with Crippen LogP contribution in [-0.2, 0) is 4.79 Å². The highest BCUT2D eigenvalue weighted by Gasteiger charge is 2.23. The van der Waals surface area contributed by atoms with Gasteiger partial charge >= 0.3 is 0 Å². The predicted molar refractivity (Wildman–Crippen MR) is 86.0 cm³/mol. The number of nitrogens with two attached hydrogens (primary N) is 1. The van der Waals surface area contributed by atoms with Crippen LogP contribution in [0.4, 0.5) is 11.4 Å². The standard InChI is InChI=1S/C16H27N3O/c1-16(2,3)10-12(11-17)15(20)18-13-7-6-8-14(9-13)19(4)5/h6-9,12H,10-11,17H2,1-5H3,(H,18,20). The fraction of sp³-hybridized carbons (Fsp3) is 0.562. The first kappa shape index (κ1) is 16.5. The molecule has 1 aromatic carbocycles. The molecule has 0 spiro atoms. The Morgan fingerprint density at radius 2 is 2.00 bits per heavy atom. The van der Waals surface area contributed by atoms with Gasteiger partial charge in [0, 0.05) is 32.0 Å². The Bertz CT molecular complexity index is 449. The molecule has 0 saturated carbocycles. The lowest BCUT2D eigenvalue weighted by Gasteiger charge is -2.24. The van der Waals surface area contributed by atoms with Crippen molar-refractivity contribution in [2.45, 2.75) is 27.2 Å². The molecule has 1 unspecified atom stereocenters. The number of nitrogens with zero attached hydrogens (tertiary/aromatic N) is 1. The highest BCUT2D eigenvalue weighted by molar-refractivity contribution is 5.93. The Labute approximate surface area is 122 Å².